The highest BCUT2D eigenvalue weighted by Crippen LogP contribution is 2.32. The van der Waals surface area contributed by atoms with Gasteiger partial charge in [0.25, 0.3) is 5.89 Å². The lowest BCUT2D eigenvalue weighted by atomic mass is 10.0. The first-order chi connectivity index (χ1) is 13.8. The molecule has 0 saturated carbocycles. The van der Waals surface area contributed by atoms with Crippen LogP contribution in [0, 0.1) is 13.8 Å². The molecule has 1 aromatic carbocycles. The van der Waals surface area contributed by atoms with E-state index in [4.69, 9.17) is 10.3 Å². The van der Waals surface area contributed by atoms with Gasteiger partial charge in [0, 0.05) is 24.8 Å². The largest absolute Gasteiger partial charge is 0.392 e. The number of rotatable bonds is 4. The molecule has 1 atom stereocenters. The fourth-order valence-corrected chi connectivity index (χ4v) is 4.87. The lowest BCUT2D eigenvalue weighted by Gasteiger charge is -2.17. The Kier molecular flexibility index (Phi) is 6.14. The molecule has 3 N–H and O–H groups in total. The highest BCUT2D eigenvalue weighted by atomic mass is 35.5. The zero-order valence-corrected chi connectivity index (χ0v) is 18.1. The monoisotopic (exact) mass is 451 g/mol. The number of hydrogen-bond donors (Lipinski definition) is 2. The number of pyridine rings is 1. The number of nitrogen functional groups attached to an aromatic ring is 1. The van der Waals surface area contributed by atoms with Crippen LogP contribution in [0.4, 0.5) is 5.82 Å². The van der Waals surface area contributed by atoms with Gasteiger partial charge in [0.15, 0.2) is 5.82 Å². The quantitative estimate of drug-likeness (QED) is 0.616. The molecule has 1 fully saturated rings. The standard InChI is InChI=1S/C19H21N5O4S.ClH/c1-11-3-4-15(29(26,27)24-6-5-14(25)10-24)8-16(11)13-7-17(18(20)21-9-13)19-22-12(2)23-28-19;/h3-4,7-9,14,25H,5-6,10H2,1-2H3,(H2,20,21);1H. The molecule has 3 heterocycles. The van der Waals surface area contributed by atoms with Crippen molar-refractivity contribution in [2.75, 3.05) is 18.8 Å². The average Bonchev–Trinajstić information content (AvgIpc) is 3.31. The molecule has 0 aliphatic carbocycles. The first kappa shape index (κ1) is 22.2. The van der Waals surface area contributed by atoms with Gasteiger partial charge in [-0.05, 0) is 49.6 Å². The fourth-order valence-electron chi connectivity index (χ4n) is 3.35. The van der Waals surface area contributed by atoms with E-state index in [9.17, 15) is 13.5 Å². The Morgan fingerprint density at radius 2 is 2.00 bits per heavy atom. The molecular formula is C19H22ClN5O4S. The van der Waals surface area contributed by atoms with Crippen LogP contribution in [0.2, 0.25) is 0 Å². The maximum absolute atomic E-state index is 13.0. The van der Waals surface area contributed by atoms with Gasteiger partial charge in [0.2, 0.25) is 10.0 Å². The zero-order valence-electron chi connectivity index (χ0n) is 16.4. The number of nitrogens with zero attached hydrogens (tertiary/aromatic N) is 4. The molecule has 30 heavy (non-hydrogen) atoms. The van der Waals surface area contributed by atoms with Crippen LogP contribution in [-0.4, -0.2) is 52.1 Å². The van der Waals surface area contributed by atoms with Gasteiger partial charge in [0.05, 0.1) is 16.6 Å². The second-order valence-electron chi connectivity index (χ2n) is 7.09. The average molecular weight is 452 g/mol. The number of benzene rings is 1. The van der Waals surface area contributed by atoms with E-state index < -0.39 is 16.1 Å². The number of hydrogen-bond acceptors (Lipinski definition) is 8. The SMILES string of the molecule is Cc1noc(-c2cc(-c3cc(S(=O)(=O)N4CCC(O)C4)ccc3C)cnc2N)n1.Cl. The summed E-state index contributed by atoms with van der Waals surface area (Å²) in [5.74, 6) is 0.966. The van der Waals surface area contributed by atoms with E-state index in [0.29, 0.717) is 35.5 Å². The second kappa shape index (κ2) is 8.31. The summed E-state index contributed by atoms with van der Waals surface area (Å²) in [5.41, 5.74) is 8.73. The van der Waals surface area contributed by atoms with Gasteiger partial charge >= 0.3 is 0 Å². The van der Waals surface area contributed by atoms with E-state index in [-0.39, 0.29) is 35.6 Å². The van der Waals surface area contributed by atoms with E-state index in [0.717, 1.165) is 5.56 Å². The minimum absolute atomic E-state index is 0. The molecule has 1 aliphatic heterocycles. The Bertz CT molecular complexity index is 1180. The number of sulfonamides is 1. The van der Waals surface area contributed by atoms with Crippen LogP contribution in [0.5, 0.6) is 0 Å². The summed E-state index contributed by atoms with van der Waals surface area (Å²) in [6, 6.07) is 6.70. The van der Waals surface area contributed by atoms with Gasteiger partial charge in [-0.15, -0.1) is 12.4 Å². The molecule has 1 saturated heterocycles. The van der Waals surface area contributed by atoms with Gasteiger partial charge in [-0.2, -0.15) is 9.29 Å². The lowest BCUT2D eigenvalue weighted by molar-refractivity contribution is 0.189. The smallest absolute Gasteiger partial charge is 0.261 e. The molecule has 0 spiro atoms. The summed E-state index contributed by atoms with van der Waals surface area (Å²) >= 11 is 0. The summed E-state index contributed by atoms with van der Waals surface area (Å²) in [6.07, 6.45) is 1.39. The predicted octanol–water partition coefficient (Wildman–Crippen LogP) is 2.17. The van der Waals surface area contributed by atoms with Crippen molar-refractivity contribution in [1.29, 1.82) is 0 Å². The number of aliphatic hydroxyl groups excluding tert-OH is 1. The van der Waals surface area contributed by atoms with E-state index in [1.807, 2.05) is 6.92 Å². The highest BCUT2D eigenvalue weighted by molar-refractivity contribution is 7.89. The molecule has 160 valence electrons. The van der Waals surface area contributed by atoms with Crippen LogP contribution in [-0.2, 0) is 10.0 Å². The van der Waals surface area contributed by atoms with Crippen LogP contribution in [0.25, 0.3) is 22.6 Å². The molecule has 1 unspecified atom stereocenters. The van der Waals surface area contributed by atoms with Crippen molar-refractivity contribution in [3.8, 4) is 22.6 Å². The molecule has 0 radical (unpaired) electrons. The maximum atomic E-state index is 13.0. The van der Waals surface area contributed by atoms with Crippen molar-refractivity contribution < 1.29 is 18.0 Å². The zero-order chi connectivity index (χ0) is 20.8. The molecular weight excluding hydrogens is 430 g/mol. The molecule has 2 aromatic heterocycles. The van der Waals surface area contributed by atoms with Crippen molar-refractivity contribution in [3.05, 3.63) is 41.9 Å². The van der Waals surface area contributed by atoms with Gasteiger partial charge in [-0.3, -0.25) is 0 Å². The first-order valence-electron chi connectivity index (χ1n) is 9.11. The number of nitrogens with two attached hydrogens (primary N) is 1. The highest BCUT2D eigenvalue weighted by Gasteiger charge is 2.32. The normalized spacial score (nSPS) is 17.1. The van der Waals surface area contributed by atoms with Gasteiger partial charge in [-0.1, -0.05) is 11.2 Å². The van der Waals surface area contributed by atoms with E-state index in [1.54, 1.807) is 37.4 Å². The van der Waals surface area contributed by atoms with E-state index in [1.165, 1.54) is 4.31 Å². The fraction of sp³-hybridized carbons (Fsp3) is 0.316. The molecule has 0 amide bonds. The van der Waals surface area contributed by atoms with Crippen LogP contribution >= 0.6 is 12.4 Å². The van der Waals surface area contributed by atoms with Crippen molar-refractivity contribution in [1.82, 2.24) is 19.4 Å². The molecule has 0 bridgehead atoms. The Balaban J connectivity index is 0.00000256. The number of anilines is 1. The predicted molar refractivity (Wildman–Crippen MR) is 113 cm³/mol. The summed E-state index contributed by atoms with van der Waals surface area (Å²) in [4.78, 5) is 8.58. The third-order valence-electron chi connectivity index (χ3n) is 4.96. The second-order valence-corrected chi connectivity index (χ2v) is 9.02. The summed E-state index contributed by atoms with van der Waals surface area (Å²) in [6.45, 7) is 4.00. The van der Waals surface area contributed by atoms with E-state index in [2.05, 4.69) is 15.1 Å². The molecule has 11 heteroatoms. The topological polar surface area (TPSA) is 135 Å². The molecule has 4 rings (SSSR count). The van der Waals surface area contributed by atoms with Crippen LogP contribution in [0.1, 0.15) is 17.8 Å². The Morgan fingerprint density at radius 1 is 1.23 bits per heavy atom. The van der Waals surface area contributed by atoms with Crippen molar-refractivity contribution in [3.63, 3.8) is 0 Å². The lowest BCUT2D eigenvalue weighted by Crippen LogP contribution is -2.29. The summed E-state index contributed by atoms with van der Waals surface area (Å²) in [5, 5.41) is 13.5. The maximum Gasteiger partial charge on any atom is 0.261 e. The van der Waals surface area contributed by atoms with Crippen molar-refractivity contribution >= 4 is 28.2 Å². The first-order valence-corrected chi connectivity index (χ1v) is 10.5. The van der Waals surface area contributed by atoms with Gasteiger partial charge < -0.3 is 15.4 Å². The number of β-amino-alcohol motifs (C(OH)–C–C–N with tert-alkyl or cyclic N) is 1. The third-order valence-corrected chi connectivity index (χ3v) is 6.82. The van der Waals surface area contributed by atoms with Crippen LogP contribution in [0.3, 0.4) is 0 Å². The van der Waals surface area contributed by atoms with E-state index >= 15 is 0 Å². The minimum atomic E-state index is -3.70. The minimum Gasteiger partial charge on any atom is -0.392 e. The summed E-state index contributed by atoms with van der Waals surface area (Å²) < 4.78 is 32.4. The van der Waals surface area contributed by atoms with Gasteiger partial charge in [0.1, 0.15) is 5.82 Å². The molecule has 9 nitrogen and oxygen atoms in total. The number of halogens is 1. The van der Waals surface area contributed by atoms with Crippen LogP contribution in [0.15, 0.2) is 39.9 Å². The Morgan fingerprint density at radius 3 is 2.63 bits per heavy atom. The Labute approximate surface area is 180 Å². The van der Waals surface area contributed by atoms with Crippen LogP contribution < -0.4 is 5.73 Å². The number of aromatic nitrogens is 3. The third kappa shape index (κ3) is 4.04. The van der Waals surface area contributed by atoms with Gasteiger partial charge in [-0.25, -0.2) is 13.4 Å². The Hall–Kier alpha value is -2.53. The summed E-state index contributed by atoms with van der Waals surface area (Å²) in [7, 11) is -3.70. The van der Waals surface area contributed by atoms with Crippen molar-refractivity contribution in [2.45, 2.75) is 31.3 Å². The number of aryl methyl sites for hydroxylation is 2. The number of aliphatic hydroxyl groups is 1. The molecule has 1 aliphatic rings. The molecule has 3 aromatic rings. The van der Waals surface area contributed by atoms with Crippen molar-refractivity contribution in [2.24, 2.45) is 0 Å².